The molecular formula is C14H24O2. The SMILES string of the molecule is CCCCCCCC=CCC1CCC(=O)O1. The Balaban J connectivity index is 1.90. The van der Waals surface area contributed by atoms with Gasteiger partial charge in [-0.15, -0.1) is 0 Å². The molecule has 2 nitrogen and oxygen atoms in total. The summed E-state index contributed by atoms with van der Waals surface area (Å²) >= 11 is 0. The predicted molar refractivity (Wildman–Crippen MR) is 66.2 cm³/mol. The minimum Gasteiger partial charge on any atom is -0.462 e. The smallest absolute Gasteiger partial charge is 0.306 e. The quantitative estimate of drug-likeness (QED) is 0.354. The molecule has 0 radical (unpaired) electrons. The molecule has 0 aromatic heterocycles. The molecule has 1 heterocycles. The lowest BCUT2D eigenvalue weighted by Gasteiger charge is -2.04. The van der Waals surface area contributed by atoms with Crippen molar-refractivity contribution < 1.29 is 9.53 Å². The molecule has 1 aliphatic heterocycles. The van der Waals surface area contributed by atoms with Gasteiger partial charge in [-0.05, 0) is 19.3 Å². The molecule has 1 aliphatic rings. The van der Waals surface area contributed by atoms with E-state index in [1.54, 1.807) is 0 Å². The highest BCUT2D eigenvalue weighted by molar-refractivity contribution is 5.71. The summed E-state index contributed by atoms with van der Waals surface area (Å²) in [7, 11) is 0. The molecule has 1 saturated heterocycles. The van der Waals surface area contributed by atoms with Crippen LogP contribution in [-0.2, 0) is 9.53 Å². The summed E-state index contributed by atoms with van der Waals surface area (Å²) in [4.78, 5) is 10.8. The van der Waals surface area contributed by atoms with Crippen LogP contribution in [0.25, 0.3) is 0 Å². The van der Waals surface area contributed by atoms with E-state index in [4.69, 9.17) is 4.74 Å². The van der Waals surface area contributed by atoms with Crippen molar-refractivity contribution in [2.45, 2.75) is 70.8 Å². The van der Waals surface area contributed by atoms with Gasteiger partial charge in [0.15, 0.2) is 0 Å². The number of cyclic esters (lactones) is 1. The van der Waals surface area contributed by atoms with E-state index in [9.17, 15) is 4.79 Å². The third-order valence-electron chi connectivity index (χ3n) is 3.01. The topological polar surface area (TPSA) is 26.3 Å². The first-order valence-corrected chi connectivity index (χ1v) is 6.67. The van der Waals surface area contributed by atoms with Gasteiger partial charge in [-0.1, -0.05) is 44.8 Å². The van der Waals surface area contributed by atoms with E-state index in [2.05, 4.69) is 19.1 Å². The Hall–Kier alpha value is -0.790. The number of hydrogen-bond acceptors (Lipinski definition) is 2. The minimum atomic E-state index is -0.0297. The van der Waals surface area contributed by atoms with E-state index in [0.29, 0.717) is 6.42 Å². The molecule has 1 atom stereocenters. The number of hydrogen-bond donors (Lipinski definition) is 0. The highest BCUT2D eigenvalue weighted by atomic mass is 16.5. The molecule has 1 fully saturated rings. The van der Waals surface area contributed by atoms with E-state index in [-0.39, 0.29) is 12.1 Å². The van der Waals surface area contributed by atoms with Crippen molar-refractivity contribution in [1.29, 1.82) is 0 Å². The van der Waals surface area contributed by atoms with Crippen molar-refractivity contribution in [3.8, 4) is 0 Å². The number of carbonyl (C=O) groups is 1. The number of rotatable bonds is 8. The molecule has 2 heteroatoms. The van der Waals surface area contributed by atoms with Crippen LogP contribution in [0.4, 0.5) is 0 Å². The van der Waals surface area contributed by atoms with E-state index >= 15 is 0 Å². The lowest BCUT2D eigenvalue weighted by atomic mass is 10.1. The first-order valence-electron chi connectivity index (χ1n) is 6.67. The number of allylic oxidation sites excluding steroid dienone is 1. The average Bonchev–Trinajstić information content (AvgIpc) is 2.68. The zero-order valence-electron chi connectivity index (χ0n) is 10.4. The molecule has 1 unspecified atom stereocenters. The second-order valence-corrected chi connectivity index (χ2v) is 4.56. The molecule has 0 aromatic rings. The molecule has 1 rings (SSSR count). The van der Waals surface area contributed by atoms with Gasteiger partial charge in [0, 0.05) is 12.8 Å². The van der Waals surface area contributed by atoms with Gasteiger partial charge >= 0.3 is 5.97 Å². The van der Waals surface area contributed by atoms with Crippen molar-refractivity contribution in [3.63, 3.8) is 0 Å². The largest absolute Gasteiger partial charge is 0.462 e. The Morgan fingerprint density at radius 1 is 1.25 bits per heavy atom. The van der Waals surface area contributed by atoms with Gasteiger partial charge in [0.25, 0.3) is 0 Å². The van der Waals surface area contributed by atoms with E-state index in [1.807, 2.05) is 0 Å². The highest BCUT2D eigenvalue weighted by Gasteiger charge is 2.21. The predicted octanol–water partition coefficient (Wildman–Crippen LogP) is 4.00. The van der Waals surface area contributed by atoms with Crippen LogP contribution in [0.5, 0.6) is 0 Å². The van der Waals surface area contributed by atoms with Crippen molar-refractivity contribution in [2.75, 3.05) is 0 Å². The molecule has 0 aromatic carbocycles. The molecule has 0 amide bonds. The van der Waals surface area contributed by atoms with Crippen LogP contribution in [0.3, 0.4) is 0 Å². The second kappa shape index (κ2) is 8.37. The summed E-state index contributed by atoms with van der Waals surface area (Å²) in [6.07, 6.45) is 14.8. The van der Waals surface area contributed by atoms with Gasteiger partial charge in [-0.2, -0.15) is 0 Å². The van der Waals surface area contributed by atoms with Gasteiger partial charge in [0.2, 0.25) is 0 Å². The lowest BCUT2D eigenvalue weighted by molar-refractivity contribution is -0.141. The third-order valence-corrected chi connectivity index (χ3v) is 3.01. The van der Waals surface area contributed by atoms with E-state index < -0.39 is 0 Å². The van der Waals surface area contributed by atoms with E-state index in [0.717, 1.165) is 12.8 Å². The Bertz CT molecular complexity index is 221. The van der Waals surface area contributed by atoms with Crippen LogP contribution in [0.2, 0.25) is 0 Å². The maximum Gasteiger partial charge on any atom is 0.306 e. The standard InChI is InChI=1S/C14H24O2/c1-2-3-4-5-6-7-8-9-10-13-11-12-14(15)16-13/h8-9,13H,2-7,10-12H2,1H3. The molecule has 0 N–H and O–H groups in total. The first-order chi connectivity index (χ1) is 7.83. The fourth-order valence-corrected chi connectivity index (χ4v) is 1.98. The second-order valence-electron chi connectivity index (χ2n) is 4.56. The van der Waals surface area contributed by atoms with Gasteiger partial charge in [-0.3, -0.25) is 4.79 Å². The summed E-state index contributed by atoms with van der Waals surface area (Å²) in [5, 5.41) is 0. The summed E-state index contributed by atoms with van der Waals surface area (Å²) in [5.41, 5.74) is 0. The summed E-state index contributed by atoms with van der Waals surface area (Å²) in [6.45, 7) is 2.24. The Morgan fingerprint density at radius 2 is 2.06 bits per heavy atom. The summed E-state index contributed by atoms with van der Waals surface area (Å²) in [6, 6.07) is 0. The molecule has 0 bridgehead atoms. The Labute approximate surface area is 99.1 Å². The maximum absolute atomic E-state index is 10.8. The number of ether oxygens (including phenoxy) is 1. The normalized spacial score (nSPS) is 20.6. The van der Waals surface area contributed by atoms with E-state index in [1.165, 1.54) is 38.5 Å². The van der Waals surface area contributed by atoms with Crippen molar-refractivity contribution in [2.24, 2.45) is 0 Å². The number of esters is 1. The van der Waals surface area contributed by atoms with Crippen LogP contribution >= 0.6 is 0 Å². The van der Waals surface area contributed by atoms with Crippen LogP contribution in [0.15, 0.2) is 12.2 Å². The van der Waals surface area contributed by atoms with Gasteiger partial charge in [0.1, 0.15) is 6.10 Å². The average molecular weight is 224 g/mol. The van der Waals surface area contributed by atoms with Gasteiger partial charge in [0.05, 0.1) is 0 Å². The van der Waals surface area contributed by atoms with Crippen LogP contribution in [0.1, 0.15) is 64.7 Å². The fourth-order valence-electron chi connectivity index (χ4n) is 1.98. The van der Waals surface area contributed by atoms with Crippen LogP contribution < -0.4 is 0 Å². The zero-order valence-corrected chi connectivity index (χ0v) is 10.4. The Kier molecular flexibility index (Phi) is 6.95. The summed E-state index contributed by atoms with van der Waals surface area (Å²) in [5.74, 6) is -0.0297. The minimum absolute atomic E-state index is 0.0297. The van der Waals surface area contributed by atoms with Crippen molar-refractivity contribution in [3.05, 3.63) is 12.2 Å². The number of carbonyl (C=O) groups excluding carboxylic acids is 1. The third kappa shape index (κ3) is 5.94. The molecule has 0 saturated carbocycles. The maximum atomic E-state index is 10.8. The zero-order chi connectivity index (χ0) is 11.6. The fraction of sp³-hybridized carbons (Fsp3) is 0.786. The monoisotopic (exact) mass is 224 g/mol. The summed E-state index contributed by atoms with van der Waals surface area (Å²) < 4.78 is 5.13. The van der Waals surface area contributed by atoms with Crippen LogP contribution in [-0.4, -0.2) is 12.1 Å². The van der Waals surface area contributed by atoms with Crippen molar-refractivity contribution in [1.82, 2.24) is 0 Å². The molecule has 16 heavy (non-hydrogen) atoms. The number of unbranched alkanes of at least 4 members (excludes halogenated alkanes) is 5. The van der Waals surface area contributed by atoms with Crippen molar-refractivity contribution >= 4 is 5.97 Å². The molecule has 92 valence electrons. The molecule has 0 aliphatic carbocycles. The Morgan fingerprint density at radius 3 is 2.75 bits per heavy atom. The lowest BCUT2D eigenvalue weighted by Crippen LogP contribution is -2.04. The van der Waals surface area contributed by atoms with Crippen LogP contribution in [0, 0.1) is 0 Å². The van der Waals surface area contributed by atoms with Gasteiger partial charge < -0.3 is 4.74 Å². The molecular weight excluding hydrogens is 200 g/mol. The first kappa shape index (κ1) is 13.3. The highest BCUT2D eigenvalue weighted by Crippen LogP contribution is 2.17. The van der Waals surface area contributed by atoms with Gasteiger partial charge in [-0.25, -0.2) is 0 Å². The molecule has 0 spiro atoms.